The Morgan fingerprint density at radius 1 is 1.24 bits per heavy atom. The van der Waals surface area contributed by atoms with Gasteiger partial charge in [0.05, 0.1) is 5.02 Å². The lowest BCUT2D eigenvalue weighted by Crippen LogP contribution is -2.13. The molecule has 5 nitrogen and oxygen atoms in total. The number of Topliss-reactive ketones (excluding diaryl/α,β-unsaturated/α-hetero) is 1. The van der Waals surface area contributed by atoms with E-state index in [9.17, 15) is 4.79 Å². The van der Waals surface area contributed by atoms with E-state index in [1.807, 2.05) is 37.5 Å². The van der Waals surface area contributed by atoms with Crippen molar-refractivity contribution < 1.29 is 14.1 Å². The van der Waals surface area contributed by atoms with Crippen molar-refractivity contribution in [3.8, 4) is 11.6 Å². The highest BCUT2D eigenvalue weighted by molar-refractivity contribution is 6.42. The number of hydrogen-bond donors (Lipinski definition) is 0. The van der Waals surface area contributed by atoms with Crippen LogP contribution in [0.4, 0.5) is 0 Å². The number of aromatic nitrogens is 2. The van der Waals surface area contributed by atoms with Crippen molar-refractivity contribution in [2.75, 3.05) is 6.61 Å². The number of hydrogen-bond acceptors (Lipinski definition) is 4. The van der Waals surface area contributed by atoms with Crippen molar-refractivity contribution in [3.63, 3.8) is 0 Å². The largest absolute Gasteiger partial charge is 0.484 e. The molecule has 0 fully saturated rings. The second-order valence-electron chi connectivity index (χ2n) is 5.68. The molecule has 0 aliphatic rings. The molecule has 0 atom stereocenters. The minimum absolute atomic E-state index is 0.137. The molecule has 0 bridgehead atoms. The number of carbonyl (C=O) groups excluding carboxylic acids is 1. The van der Waals surface area contributed by atoms with Crippen LogP contribution in [-0.4, -0.2) is 22.1 Å². The van der Waals surface area contributed by atoms with Crippen LogP contribution in [0.25, 0.3) is 5.82 Å². The summed E-state index contributed by atoms with van der Waals surface area (Å²) in [6, 6.07) is 8.67. The van der Waals surface area contributed by atoms with Crippen molar-refractivity contribution in [1.82, 2.24) is 9.72 Å². The third kappa shape index (κ3) is 3.43. The van der Waals surface area contributed by atoms with Gasteiger partial charge in [-0.05, 0) is 39.0 Å². The molecule has 7 heteroatoms. The predicted molar refractivity (Wildman–Crippen MR) is 96.3 cm³/mol. The molecule has 0 amide bonds. The number of carbonyl (C=O) groups is 1. The van der Waals surface area contributed by atoms with E-state index in [-0.39, 0.29) is 12.4 Å². The number of benzene rings is 1. The Balaban J connectivity index is 1.82. The summed E-state index contributed by atoms with van der Waals surface area (Å²) in [5.41, 5.74) is 2.22. The second kappa shape index (κ2) is 6.94. The first-order valence-corrected chi connectivity index (χ1v) is 8.36. The van der Waals surface area contributed by atoms with Crippen LogP contribution < -0.4 is 4.74 Å². The number of aryl methyl sites for hydroxylation is 2. The highest BCUT2D eigenvalue weighted by Gasteiger charge is 2.19. The minimum atomic E-state index is -0.157. The molecule has 2 heterocycles. The molecule has 0 spiro atoms. The fourth-order valence-corrected chi connectivity index (χ4v) is 3.02. The summed E-state index contributed by atoms with van der Waals surface area (Å²) in [5, 5.41) is 4.68. The quantitative estimate of drug-likeness (QED) is 0.588. The normalized spacial score (nSPS) is 10.9. The molecule has 0 saturated carbocycles. The van der Waals surface area contributed by atoms with Gasteiger partial charge < -0.3 is 9.26 Å². The predicted octanol–water partition coefficient (Wildman–Crippen LogP) is 4.96. The standard InChI is InChI=1S/C18H16Cl2N2O3/c1-10-7-13(12(3)22(10)17-8-11(2)25-21-17)15(23)9-24-16-6-4-5-14(19)18(16)20/h4-8H,9H2,1-3H3. The van der Waals surface area contributed by atoms with E-state index in [1.54, 1.807) is 18.2 Å². The molecule has 3 rings (SSSR count). The Bertz CT molecular complexity index is 944. The third-order valence-electron chi connectivity index (χ3n) is 3.85. The van der Waals surface area contributed by atoms with Crippen molar-refractivity contribution in [2.24, 2.45) is 0 Å². The number of halogens is 2. The molecule has 2 aromatic heterocycles. The Kier molecular flexibility index (Phi) is 4.88. The van der Waals surface area contributed by atoms with Gasteiger partial charge in [0, 0.05) is 23.0 Å². The lowest BCUT2D eigenvalue weighted by Gasteiger charge is -2.08. The van der Waals surface area contributed by atoms with Crippen LogP contribution in [0, 0.1) is 20.8 Å². The van der Waals surface area contributed by atoms with E-state index in [0.29, 0.717) is 32.9 Å². The second-order valence-corrected chi connectivity index (χ2v) is 6.46. The van der Waals surface area contributed by atoms with Crippen LogP contribution in [0.3, 0.4) is 0 Å². The van der Waals surface area contributed by atoms with Crippen LogP contribution in [0.15, 0.2) is 34.9 Å². The molecular weight excluding hydrogens is 363 g/mol. The van der Waals surface area contributed by atoms with Gasteiger partial charge in [-0.25, -0.2) is 0 Å². The van der Waals surface area contributed by atoms with Crippen LogP contribution in [0.2, 0.25) is 10.0 Å². The Morgan fingerprint density at radius 3 is 2.68 bits per heavy atom. The summed E-state index contributed by atoms with van der Waals surface area (Å²) in [6.07, 6.45) is 0. The number of rotatable bonds is 5. The number of nitrogens with zero attached hydrogens (tertiary/aromatic N) is 2. The maximum absolute atomic E-state index is 12.6. The summed E-state index contributed by atoms with van der Waals surface area (Å²) in [7, 11) is 0. The van der Waals surface area contributed by atoms with Crippen LogP contribution in [0.5, 0.6) is 5.75 Å². The van der Waals surface area contributed by atoms with Crippen molar-refractivity contribution in [1.29, 1.82) is 0 Å². The lowest BCUT2D eigenvalue weighted by molar-refractivity contribution is 0.0921. The SMILES string of the molecule is Cc1cc(-n2c(C)cc(C(=O)COc3cccc(Cl)c3Cl)c2C)no1. The van der Waals surface area contributed by atoms with Gasteiger partial charge >= 0.3 is 0 Å². The van der Waals surface area contributed by atoms with E-state index < -0.39 is 0 Å². The van der Waals surface area contributed by atoms with Crippen LogP contribution in [0.1, 0.15) is 27.5 Å². The first kappa shape index (κ1) is 17.6. The number of ether oxygens (including phenoxy) is 1. The van der Waals surface area contributed by atoms with Crippen molar-refractivity contribution in [3.05, 3.63) is 63.1 Å². The maximum Gasteiger partial charge on any atom is 0.202 e. The zero-order chi connectivity index (χ0) is 18.1. The van der Waals surface area contributed by atoms with Gasteiger partial charge in [0.25, 0.3) is 0 Å². The molecule has 0 aliphatic heterocycles. The zero-order valence-electron chi connectivity index (χ0n) is 14.0. The summed E-state index contributed by atoms with van der Waals surface area (Å²) in [6.45, 7) is 5.45. The summed E-state index contributed by atoms with van der Waals surface area (Å²) < 4.78 is 12.5. The number of ketones is 1. The van der Waals surface area contributed by atoms with Crippen molar-refractivity contribution in [2.45, 2.75) is 20.8 Å². The topological polar surface area (TPSA) is 57.3 Å². The monoisotopic (exact) mass is 378 g/mol. The summed E-state index contributed by atoms with van der Waals surface area (Å²) in [4.78, 5) is 12.6. The molecule has 0 saturated heterocycles. The molecule has 0 unspecified atom stereocenters. The third-order valence-corrected chi connectivity index (χ3v) is 4.65. The highest BCUT2D eigenvalue weighted by Crippen LogP contribution is 2.31. The average Bonchev–Trinajstić information content (AvgIpc) is 3.11. The first-order valence-electron chi connectivity index (χ1n) is 7.61. The smallest absolute Gasteiger partial charge is 0.202 e. The van der Waals surface area contributed by atoms with E-state index in [1.165, 1.54) is 0 Å². The Labute approximate surface area is 155 Å². The molecule has 25 heavy (non-hydrogen) atoms. The summed E-state index contributed by atoms with van der Waals surface area (Å²) >= 11 is 12.0. The fraction of sp³-hybridized carbons (Fsp3) is 0.222. The van der Waals surface area contributed by atoms with Crippen LogP contribution in [-0.2, 0) is 0 Å². The van der Waals surface area contributed by atoms with Crippen molar-refractivity contribution >= 4 is 29.0 Å². The van der Waals surface area contributed by atoms with Gasteiger partial charge in [0.15, 0.2) is 12.4 Å². The van der Waals surface area contributed by atoms with Gasteiger partial charge in [0.2, 0.25) is 5.78 Å². The van der Waals surface area contributed by atoms with E-state index in [2.05, 4.69) is 5.16 Å². The fourth-order valence-electron chi connectivity index (χ4n) is 2.67. The molecule has 1 aromatic carbocycles. The first-order chi connectivity index (χ1) is 11.9. The Morgan fingerprint density at radius 2 is 2.00 bits per heavy atom. The van der Waals surface area contributed by atoms with Crippen LogP contribution >= 0.6 is 23.2 Å². The zero-order valence-corrected chi connectivity index (χ0v) is 15.5. The molecule has 3 aromatic rings. The highest BCUT2D eigenvalue weighted by atomic mass is 35.5. The van der Waals surface area contributed by atoms with Gasteiger partial charge in [-0.2, -0.15) is 0 Å². The van der Waals surface area contributed by atoms with Gasteiger partial charge in [0.1, 0.15) is 16.5 Å². The van der Waals surface area contributed by atoms with E-state index >= 15 is 0 Å². The van der Waals surface area contributed by atoms with Gasteiger partial charge in [-0.3, -0.25) is 9.36 Å². The maximum atomic E-state index is 12.6. The van der Waals surface area contributed by atoms with E-state index in [0.717, 1.165) is 11.4 Å². The average molecular weight is 379 g/mol. The van der Waals surface area contributed by atoms with E-state index in [4.69, 9.17) is 32.5 Å². The minimum Gasteiger partial charge on any atom is -0.484 e. The molecule has 130 valence electrons. The molecule has 0 radical (unpaired) electrons. The summed E-state index contributed by atoms with van der Waals surface area (Å²) in [5.74, 6) is 1.57. The Hall–Kier alpha value is -2.24. The lowest BCUT2D eigenvalue weighted by atomic mass is 10.1. The van der Waals surface area contributed by atoms with Gasteiger partial charge in [-0.15, -0.1) is 0 Å². The molecule has 0 N–H and O–H groups in total. The molecule has 0 aliphatic carbocycles. The van der Waals surface area contributed by atoms with Gasteiger partial charge in [-0.1, -0.05) is 34.4 Å². The molecular formula is C18H16Cl2N2O3.